The van der Waals surface area contributed by atoms with E-state index in [1.165, 1.54) is 12.0 Å². The Balaban J connectivity index is 2.37. The number of rotatable bonds is 7. The Kier molecular flexibility index (Phi) is 6.18. The lowest BCUT2D eigenvalue weighted by Gasteiger charge is -2.11. The molecule has 1 rings (SSSR count). The molecule has 1 N–H and O–H groups in total. The molecule has 1 aromatic rings. The van der Waals surface area contributed by atoms with Crippen LogP contribution in [-0.4, -0.2) is 32.8 Å². The molecule has 96 valence electrons. The Labute approximate surface area is 106 Å². The second-order valence-corrected chi connectivity index (χ2v) is 5.11. The Hall–Kier alpha value is -0.910. The quantitative estimate of drug-likeness (QED) is 0.754. The lowest BCUT2D eigenvalue weighted by atomic mass is 10.3. The van der Waals surface area contributed by atoms with Gasteiger partial charge in [-0.3, -0.25) is 4.79 Å². The van der Waals surface area contributed by atoms with Crippen molar-refractivity contribution >= 4 is 17.3 Å². The highest BCUT2D eigenvalue weighted by Crippen LogP contribution is 2.17. The van der Waals surface area contributed by atoms with Crippen LogP contribution in [-0.2, 0) is 27.2 Å². The molecule has 4 nitrogen and oxygen atoms in total. The van der Waals surface area contributed by atoms with Crippen molar-refractivity contribution in [1.82, 2.24) is 5.32 Å². The topological polar surface area (TPSA) is 47.6 Å². The van der Waals surface area contributed by atoms with E-state index in [2.05, 4.69) is 17.0 Å². The second kappa shape index (κ2) is 7.42. The van der Waals surface area contributed by atoms with Crippen LogP contribution in [0.1, 0.15) is 16.7 Å². The van der Waals surface area contributed by atoms with Gasteiger partial charge in [0.05, 0.1) is 20.1 Å². The third-order valence-corrected chi connectivity index (χ3v) is 3.39. The van der Waals surface area contributed by atoms with Crippen LogP contribution >= 0.6 is 11.3 Å². The molecule has 1 heterocycles. The molecular formula is C12H19NO3S. The monoisotopic (exact) mass is 257 g/mol. The van der Waals surface area contributed by atoms with Gasteiger partial charge in [-0.05, 0) is 19.1 Å². The number of thiophene rings is 1. The number of carbonyl (C=O) groups is 1. The van der Waals surface area contributed by atoms with Gasteiger partial charge in [0.15, 0.2) is 0 Å². The summed E-state index contributed by atoms with van der Waals surface area (Å²) in [6, 6.07) is 4.33. The predicted octanol–water partition coefficient (Wildman–Crippen LogP) is 1.59. The van der Waals surface area contributed by atoms with E-state index in [1.807, 2.05) is 12.1 Å². The van der Waals surface area contributed by atoms with Gasteiger partial charge in [-0.2, -0.15) is 0 Å². The van der Waals surface area contributed by atoms with E-state index in [9.17, 15) is 4.79 Å². The van der Waals surface area contributed by atoms with Crippen LogP contribution in [0.4, 0.5) is 0 Å². The lowest BCUT2D eigenvalue weighted by Crippen LogP contribution is -2.29. The normalized spacial score (nSPS) is 12.4. The predicted molar refractivity (Wildman–Crippen MR) is 68.2 cm³/mol. The molecule has 5 heteroatoms. The molecule has 0 spiro atoms. The highest BCUT2D eigenvalue weighted by molar-refractivity contribution is 7.12. The fraction of sp³-hybridized carbons (Fsp3) is 0.583. The van der Waals surface area contributed by atoms with Crippen molar-refractivity contribution < 1.29 is 14.3 Å². The molecule has 0 saturated carbocycles. The van der Waals surface area contributed by atoms with Crippen LogP contribution in [0, 0.1) is 0 Å². The zero-order valence-electron chi connectivity index (χ0n) is 10.5. The smallest absolute Gasteiger partial charge is 0.310 e. The Morgan fingerprint density at radius 1 is 1.41 bits per heavy atom. The standard InChI is InChI=1S/C12H19NO3S/c1-9(8-15-2)13-7-11-5-4-10(17-11)6-12(14)16-3/h4-5,9,13H,6-8H2,1-3H3. The van der Waals surface area contributed by atoms with Gasteiger partial charge >= 0.3 is 5.97 Å². The van der Waals surface area contributed by atoms with Crippen LogP contribution in [0.5, 0.6) is 0 Å². The van der Waals surface area contributed by atoms with Gasteiger partial charge in [0.1, 0.15) is 0 Å². The number of hydrogen-bond donors (Lipinski definition) is 1. The fourth-order valence-corrected chi connectivity index (χ4v) is 2.36. The molecule has 0 saturated heterocycles. The Morgan fingerprint density at radius 2 is 2.12 bits per heavy atom. The van der Waals surface area contributed by atoms with Gasteiger partial charge in [-0.25, -0.2) is 0 Å². The highest BCUT2D eigenvalue weighted by atomic mass is 32.1. The first-order chi connectivity index (χ1) is 8.15. The van der Waals surface area contributed by atoms with Crippen molar-refractivity contribution in [1.29, 1.82) is 0 Å². The summed E-state index contributed by atoms with van der Waals surface area (Å²) in [4.78, 5) is 13.3. The Morgan fingerprint density at radius 3 is 2.76 bits per heavy atom. The summed E-state index contributed by atoms with van der Waals surface area (Å²) in [6.45, 7) is 3.57. The summed E-state index contributed by atoms with van der Waals surface area (Å²) in [5.41, 5.74) is 0. The van der Waals surface area contributed by atoms with E-state index in [1.54, 1.807) is 18.4 Å². The maximum atomic E-state index is 11.1. The largest absolute Gasteiger partial charge is 0.469 e. The minimum Gasteiger partial charge on any atom is -0.469 e. The first kappa shape index (κ1) is 14.2. The van der Waals surface area contributed by atoms with Crippen LogP contribution in [0.2, 0.25) is 0 Å². The van der Waals surface area contributed by atoms with Crippen molar-refractivity contribution in [3.05, 3.63) is 21.9 Å². The van der Waals surface area contributed by atoms with Crippen molar-refractivity contribution in [2.24, 2.45) is 0 Å². The minimum absolute atomic E-state index is 0.195. The SMILES string of the molecule is COCC(C)NCc1ccc(CC(=O)OC)s1. The van der Waals surface area contributed by atoms with E-state index in [0.29, 0.717) is 19.1 Å². The van der Waals surface area contributed by atoms with Crippen LogP contribution in [0.3, 0.4) is 0 Å². The average Bonchev–Trinajstić information content (AvgIpc) is 2.74. The number of esters is 1. The molecule has 0 aromatic carbocycles. The Bertz CT molecular complexity index is 351. The van der Waals surface area contributed by atoms with Crippen molar-refractivity contribution in [2.45, 2.75) is 25.9 Å². The van der Waals surface area contributed by atoms with Crippen molar-refractivity contribution in [3.8, 4) is 0 Å². The molecular weight excluding hydrogens is 238 g/mol. The zero-order valence-corrected chi connectivity index (χ0v) is 11.3. The third kappa shape index (κ3) is 5.30. The fourth-order valence-electron chi connectivity index (χ4n) is 1.41. The number of hydrogen-bond acceptors (Lipinski definition) is 5. The summed E-state index contributed by atoms with van der Waals surface area (Å²) < 4.78 is 9.67. The van der Waals surface area contributed by atoms with Gasteiger partial charge in [0.25, 0.3) is 0 Å². The summed E-state index contributed by atoms with van der Waals surface area (Å²) in [5, 5.41) is 3.35. The molecule has 0 amide bonds. The number of ether oxygens (including phenoxy) is 2. The van der Waals surface area contributed by atoms with Gasteiger partial charge in [-0.15, -0.1) is 11.3 Å². The summed E-state index contributed by atoms with van der Waals surface area (Å²) >= 11 is 1.63. The number of methoxy groups -OCH3 is 2. The second-order valence-electron chi connectivity index (χ2n) is 3.86. The van der Waals surface area contributed by atoms with E-state index in [0.717, 1.165) is 11.4 Å². The molecule has 0 aliphatic carbocycles. The maximum Gasteiger partial charge on any atom is 0.310 e. The van der Waals surface area contributed by atoms with Gasteiger partial charge < -0.3 is 14.8 Å². The van der Waals surface area contributed by atoms with E-state index >= 15 is 0 Å². The molecule has 1 unspecified atom stereocenters. The number of nitrogens with one attached hydrogen (secondary N) is 1. The highest BCUT2D eigenvalue weighted by Gasteiger charge is 2.07. The molecule has 17 heavy (non-hydrogen) atoms. The lowest BCUT2D eigenvalue weighted by molar-refractivity contribution is -0.139. The molecule has 0 aliphatic rings. The molecule has 0 radical (unpaired) electrons. The van der Waals surface area contributed by atoms with Crippen molar-refractivity contribution in [2.75, 3.05) is 20.8 Å². The summed E-state index contributed by atoms with van der Waals surface area (Å²) in [7, 11) is 3.10. The van der Waals surface area contributed by atoms with Crippen LogP contribution in [0.25, 0.3) is 0 Å². The van der Waals surface area contributed by atoms with Gasteiger partial charge in [0, 0.05) is 29.5 Å². The van der Waals surface area contributed by atoms with E-state index in [4.69, 9.17) is 4.74 Å². The third-order valence-electron chi connectivity index (χ3n) is 2.30. The molecule has 1 aromatic heterocycles. The summed E-state index contributed by atoms with van der Waals surface area (Å²) in [5.74, 6) is -0.195. The van der Waals surface area contributed by atoms with E-state index in [-0.39, 0.29) is 5.97 Å². The van der Waals surface area contributed by atoms with Gasteiger partial charge in [-0.1, -0.05) is 0 Å². The molecule has 1 atom stereocenters. The summed E-state index contributed by atoms with van der Waals surface area (Å²) in [6.07, 6.45) is 0.356. The van der Waals surface area contributed by atoms with E-state index < -0.39 is 0 Å². The first-order valence-electron chi connectivity index (χ1n) is 5.52. The first-order valence-corrected chi connectivity index (χ1v) is 6.34. The maximum absolute atomic E-state index is 11.1. The molecule has 0 fully saturated rings. The van der Waals surface area contributed by atoms with Gasteiger partial charge in [0.2, 0.25) is 0 Å². The molecule has 0 aliphatic heterocycles. The average molecular weight is 257 g/mol. The van der Waals surface area contributed by atoms with Crippen molar-refractivity contribution in [3.63, 3.8) is 0 Å². The molecule has 0 bridgehead atoms. The van der Waals surface area contributed by atoms with Crippen LogP contribution in [0.15, 0.2) is 12.1 Å². The number of carbonyl (C=O) groups excluding carboxylic acids is 1. The van der Waals surface area contributed by atoms with Crippen LogP contribution < -0.4 is 5.32 Å². The minimum atomic E-state index is -0.195. The zero-order chi connectivity index (χ0) is 12.7.